The molecule has 194 valence electrons. The summed E-state index contributed by atoms with van der Waals surface area (Å²) in [4.78, 5) is 32.0. The third-order valence-corrected chi connectivity index (χ3v) is 7.55. The Labute approximate surface area is 221 Å². The van der Waals surface area contributed by atoms with E-state index >= 15 is 0 Å². The van der Waals surface area contributed by atoms with Crippen LogP contribution in [0, 0.1) is 5.92 Å². The number of carbonyl (C=O) groups excluding carboxylic acids is 2. The maximum atomic E-state index is 13.0. The van der Waals surface area contributed by atoms with Crippen molar-refractivity contribution in [3.8, 4) is 11.5 Å². The van der Waals surface area contributed by atoms with Gasteiger partial charge in [-0.25, -0.2) is 0 Å². The first-order valence-electron chi connectivity index (χ1n) is 12.5. The van der Waals surface area contributed by atoms with Gasteiger partial charge in [-0.1, -0.05) is 23.7 Å². The van der Waals surface area contributed by atoms with Gasteiger partial charge in [0.05, 0.1) is 24.6 Å². The molecular formula is C28H31ClN4O4. The SMILES string of the molecule is COc1ccc2cc(N3CCN(C(=O)CN4CC[C@@H](C(=O)Nc5ccc(O)c(Cl)c5)C4)CC3)ccc2c1. The van der Waals surface area contributed by atoms with E-state index in [2.05, 4.69) is 39.4 Å². The van der Waals surface area contributed by atoms with E-state index in [1.807, 2.05) is 17.0 Å². The van der Waals surface area contributed by atoms with E-state index in [-0.39, 0.29) is 28.5 Å². The van der Waals surface area contributed by atoms with Crippen molar-refractivity contribution in [3.63, 3.8) is 0 Å². The van der Waals surface area contributed by atoms with Gasteiger partial charge < -0.3 is 25.0 Å². The Hall–Kier alpha value is -3.49. The molecule has 3 aromatic rings. The second kappa shape index (κ2) is 10.9. The van der Waals surface area contributed by atoms with Gasteiger partial charge in [0.25, 0.3) is 0 Å². The summed E-state index contributed by atoms with van der Waals surface area (Å²) in [6, 6.07) is 17.1. The quantitative estimate of drug-likeness (QED) is 0.479. The summed E-state index contributed by atoms with van der Waals surface area (Å²) in [5, 5.41) is 14.9. The number of methoxy groups -OCH3 is 1. The average molecular weight is 523 g/mol. The Morgan fingerprint density at radius 3 is 2.51 bits per heavy atom. The first-order chi connectivity index (χ1) is 17.9. The molecule has 3 aromatic carbocycles. The van der Waals surface area contributed by atoms with E-state index in [1.165, 1.54) is 12.1 Å². The van der Waals surface area contributed by atoms with Crippen LogP contribution in [0.25, 0.3) is 10.8 Å². The third kappa shape index (κ3) is 5.76. The molecule has 5 rings (SSSR count). The minimum atomic E-state index is -0.190. The number of benzene rings is 3. The Morgan fingerprint density at radius 2 is 1.76 bits per heavy atom. The molecule has 2 heterocycles. The summed E-state index contributed by atoms with van der Waals surface area (Å²) in [6.45, 7) is 4.51. The van der Waals surface area contributed by atoms with Gasteiger partial charge in [-0.3, -0.25) is 14.5 Å². The molecule has 37 heavy (non-hydrogen) atoms. The Bertz CT molecular complexity index is 1310. The fourth-order valence-corrected chi connectivity index (χ4v) is 5.24. The molecule has 0 aliphatic carbocycles. The van der Waals surface area contributed by atoms with Crippen LogP contribution in [0.15, 0.2) is 54.6 Å². The summed E-state index contributed by atoms with van der Waals surface area (Å²) in [7, 11) is 1.67. The van der Waals surface area contributed by atoms with Gasteiger partial charge in [-0.15, -0.1) is 0 Å². The van der Waals surface area contributed by atoms with E-state index in [0.29, 0.717) is 44.8 Å². The molecule has 0 unspecified atom stereocenters. The normalized spacial score (nSPS) is 18.3. The van der Waals surface area contributed by atoms with Crippen molar-refractivity contribution in [2.75, 3.05) is 63.1 Å². The molecule has 9 heteroatoms. The second-order valence-electron chi connectivity index (χ2n) is 9.64. The van der Waals surface area contributed by atoms with Gasteiger partial charge in [0.2, 0.25) is 11.8 Å². The number of hydrogen-bond acceptors (Lipinski definition) is 6. The lowest BCUT2D eigenvalue weighted by Gasteiger charge is -2.37. The number of phenolic OH excluding ortho intramolecular Hbond substituents is 1. The van der Waals surface area contributed by atoms with Gasteiger partial charge in [-0.05, 0) is 66.2 Å². The van der Waals surface area contributed by atoms with Crippen LogP contribution in [0.4, 0.5) is 11.4 Å². The summed E-state index contributed by atoms with van der Waals surface area (Å²) in [5.74, 6) is 0.643. The topological polar surface area (TPSA) is 85.4 Å². The minimum absolute atomic E-state index is 0.0237. The Balaban J connectivity index is 1.10. The fourth-order valence-electron chi connectivity index (χ4n) is 5.06. The Kier molecular flexibility index (Phi) is 7.39. The van der Waals surface area contributed by atoms with Crippen molar-refractivity contribution in [2.45, 2.75) is 6.42 Å². The fraction of sp³-hybridized carbons (Fsp3) is 0.357. The number of nitrogens with one attached hydrogen (secondary N) is 1. The largest absolute Gasteiger partial charge is 0.506 e. The lowest BCUT2D eigenvalue weighted by Crippen LogP contribution is -2.51. The molecule has 2 saturated heterocycles. The number of fused-ring (bicyclic) bond motifs is 1. The number of nitrogens with zero attached hydrogens (tertiary/aromatic N) is 3. The molecule has 0 aromatic heterocycles. The highest BCUT2D eigenvalue weighted by Gasteiger charge is 2.31. The van der Waals surface area contributed by atoms with Gasteiger partial charge in [-0.2, -0.15) is 0 Å². The predicted octanol–water partition coefficient (Wildman–Crippen LogP) is 3.82. The van der Waals surface area contributed by atoms with Crippen LogP contribution in [0.1, 0.15) is 6.42 Å². The van der Waals surface area contributed by atoms with Crippen molar-refractivity contribution >= 4 is 45.6 Å². The molecule has 0 saturated carbocycles. The molecule has 0 bridgehead atoms. The smallest absolute Gasteiger partial charge is 0.236 e. The number of phenols is 1. The van der Waals surface area contributed by atoms with Crippen LogP contribution < -0.4 is 15.0 Å². The molecule has 0 spiro atoms. The van der Waals surface area contributed by atoms with Crippen LogP contribution in [0.5, 0.6) is 11.5 Å². The molecule has 2 fully saturated rings. The number of halogens is 1. The summed E-state index contributed by atoms with van der Waals surface area (Å²) < 4.78 is 5.32. The number of amides is 2. The lowest BCUT2D eigenvalue weighted by molar-refractivity contribution is -0.132. The molecular weight excluding hydrogens is 492 g/mol. The Morgan fingerprint density at radius 1 is 1.00 bits per heavy atom. The maximum Gasteiger partial charge on any atom is 0.236 e. The zero-order valence-corrected chi connectivity index (χ0v) is 21.6. The number of carbonyl (C=O) groups is 2. The minimum Gasteiger partial charge on any atom is -0.506 e. The number of anilines is 2. The summed E-state index contributed by atoms with van der Waals surface area (Å²) >= 11 is 5.93. The van der Waals surface area contributed by atoms with Gasteiger partial charge in [0.1, 0.15) is 11.5 Å². The molecule has 8 nitrogen and oxygen atoms in total. The molecule has 2 amide bonds. The summed E-state index contributed by atoms with van der Waals surface area (Å²) in [5.41, 5.74) is 1.71. The highest BCUT2D eigenvalue weighted by Crippen LogP contribution is 2.28. The van der Waals surface area contributed by atoms with E-state index in [9.17, 15) is 14.7 Å². The summed E-state index contributed by atoms with van der Waals surface area (Å²) in [6.07, 6.45) is 0.701. The predicted molar refractivity (Wildman–Crippen MR) is 146 cm³/mol. The van der Waals surface area contributed by atoms with E-state index in [4.69, 9.17) is 16.3 Å². The van der Waals surface area contributed by atoms with Gasteiger partial charge in [0, 0.05) is 44.1 Å². The van der Waals surface area contributed by atoms with Crippen molar-refractivity contribution in [1.82, 2.24) is 9.80 Å². The standard InChI is InChI=1S/C28H31ClN4O4/c1-37-24-6-3-19-14-23(5-2-20(19)15-24)32-10-12-33(13-11-32)27(35)18-31-9-8-21(17-31)28(36)30-22-4-7-26(34)25(29)16-22/h2-7,14-16,21,34H,8-13,17-18H2,1H3,(H,30,36)/t21-/m1/s1. The number of hydrogen-bond donors (Lipinski definition) is 2. The number of rotatable bonds is 6. The van der Waals surface area contributed by atoms with Crippen LogP contribution >= 0.6 is 11.6 Å². The van der Waals surface area contributed by atoms with Crippen molar-refractivity contribution in [2.24, 2.45) is 5.92 Å². The lowest BCUT2D eigenvalue weighted by atomic mass is 10.1. The van der Waals surface area contributed by atoms with Crippen LogP contribution in [0.2, 0.25) is 5.02 Å². The number of aromatic hydroxyl groups is 1. The average Bonchev–Trinajstić information content (AvgIpc) is 3.39. The third-order valence-electron chi connectivity index (χ3n) is 7.25. The molecule has 2 aliphatic heterocycles. The van der Waals surface area contributed by atoms with Crippen molar-refractivity contribution in [3.05, 3.63) is 59.6 Å². The molecule has 2 aliphatic rings. The highest BCUT2D eigenvalue weighted by molar-refractivity contribution is 6.32. The maximum absolute atomic E-state index is 13.0. The zero-order chi connectivity index (χ0) is 25.9. The van der Waals surface area contributed by atoms with E-state index in [0.717, 1.165) is 35.3 Å². The molecule has 0 radical (unpaired) electrons. The van der Waals surface area contributed by atoms with Crippen LogP contribution in [0.3, 0.4) is 0 Å². The zero-order valence-electron chi connectivity index (χ0n) is 20.8. The second-order valence-corrected chi connectivity index (χ2v) is 10.0. The highest BCUT2D eigenvalue weighted by atomic mass is 35.5. The van der Waals surface area contributed by atoms with Gasteiger partial charge in [0.15, 0.2) is 0 Å². The first kappa shape index (κ1) is 25.2. The molecule has 2 N–H and O–H groups in total. The number of likely N-dealkylation sites (tertiary alicyclic amines) is 1. The monoisotopic (exact) mass is 522 g/mol. The number of ether oxygens (including phenoxy) is 1. The number of piperazine rings is 1. The van der Waals surface area contributed by atoms with Crippen LogP contribution in [-0.2, 0) is 9.59 Å². The van der Waals surface area contributed by atoms with Crippen molar-refractivity contribution in [1.29, 1.82) is 0 Å². The van der Waals surface area contributed by atoms with Crippen LogP contribution in [-0.4, -0.2) is 79.6 Å². The molecule has 1 atom stereocenters. The van der Waals surface area contributed by atoms with Gasteiger partial charge >= 0.3 is 0 Å². The van der Waals surface area contributed by atoms with E-state index < -0.39 is 0 Å². The first-order valence-corrected chi connectivity index (χ1v) is 12.9. The van der Waals surface area contributed by atoms with Crippen molar-refractivity contribution < 1.29 is 19.4 Å². The van der Waals surface area contributed by atoms with E-state index in [1.54, 1.807) is 13.2 Å².